The topological polar surface area (TPSA) is 62.7 Å². The van der Waals surface area contributed by atoms with E-state index in [0.29, 0.717) is 12.2 Å². The molecule has 6 heteroatoms. The monoisotopic (exact) mass is 400 g/mol. The molecule has 0 saturated heterocycles. The molecule has 2 N–H and O–H groups in total. The summed E-state index contributed by atoms with van der Waals surface area (Å²) >= 11 is 1.50. The predicted molar refractivity (Wildman–Crippen MR) is 118 cm³/mol. The third-order valence-electron chi connectivity index (χ3n) is 5.26. The first kappa shape index (κ1) is 17.7. The Balaban J connectivity index is 1.28. The van der Waals surface area contributed by atoms with Gasteiger partial charge in [-0.25, -0.2) is 4.98 Å². The van der Waals surface area contributed by atoms with Crippen LogP contribution in [0.15, 0.2) is 66.2 Å². The van der Waals surface area contributed by atoms with E-state index in [0.717, 1.165) is 28.2 Å². The van der Waals surface area contributed by atoms with Crippen LogP contribution in [0.25, 0.3) is 32.5 Å². The first-order chi connectivity index (χ1) is 14.2. The van der Waals surface area contributed by atoms with E-state index in [-0.39, 0.29) is 5.91 Å². The number of para-hydroxylation sites is 2. The summed E-state index contributed by atoms with van der Waals surface area (Å²) in [4.78, 5) is 20.4. The number of nitrogens with one attached hydrogen (secondary N) is 2. The number of thiazole rings is 1. The zero-order valence-electron chi connectivity index (χ0n) is 16.0. The molecule has 29 heavy (non-hydrogen) atoms. The zero-order valence-corrected chi connectivity index (χ0v) is 16.8. The molecule has 0 aliphatic carbocycles. The zero-order chi connectivity index (χ0) is 19.8. The molecule has 144 valence electrons. The SMILES string of the molecule is Cn1c(-c2nc(C(=O)NCCc3c[nH]c4ccccc34)cs2)cc2ccccc21. The van der Waals surface area contributed by atoms with E-state index in [4.69, 9.17) is 0 Å². The molecule has 0 fully saturated rings. The Morgan fingerprint density at radius 2 is 2.00 bits per heavy atom. The Hall–Kier alpha value is -3.38. The van der Waals surface area contributed by atoms with Crippen LogP contribution in [0.5, 0.6) is 0 Å². The average Bonchev–Trinajstić information content (AvgIpc) is 3.46. The second-order valence-electron chi connectivity index (χ2n) is 7.05. The number of aromatic nitrogens is 3. The maximum absolute atomic E-state index is 12.6. The van der Waals surface area contributed by atoms with Crippen LogP contribution in [0, 0.1) is 0 Å². The van der Waals surface area contributed by atoms with Crippen LogP contribution >= 0.6 is 11.3 Å². The third kappa shape index (κ3) is 3.21. The fourth-order valence-electron chi connectivity index (χ4n) is 3.73. The summed E-state index contributed by atoms with van der Waals surface area (Å²) < 4.78 is 2.12. The minimum absolute atomic E-state index is 0.133. The van der Waals surface area contributed by atoms with Crippen molar-refractivity contribution < 1.29 is 4.79 Å². The van der Waals surface area contributed by atoms with Crippen molar-refractivity contribution in [2.24, 2.45) is 7.05 Å². The van der Waals surface area contributed by atoms with Gasteiger partial charge in [-0.15, -0.1) is 11.3 Å². The molecule has 1 amide bonds. The number of amides is 1. The number of rotatable bonds is 5. The summed E-state index contributed by atoms with van der Waals surface area (Å²) in [6, 6.07) is 18.5. The number of carbonyl (C=O) groups is 1. The summed E-state index contributed by atoms with van der Waals surface area (Å²) in [6.07, 6.45) is 2.79. The summed E-state index contributed by atoms with van der Waals surface area (Å²) in [5.41, 5.74) is 4.97. The summed E-state index contributed by atoms with van der Waals surface area (Å²) in [5, 5.41) is 8.05. The molecule has 0 aliphatic rings. The van der Waals surface area contributed by atoms with Crippen LogP contribution in [-0.2, 0) is 13.5 Å². The highest BCUT2D eigenvalue weighted by Crippen LogP contribution is 2.29. The number of fused-ring (bicyclic) bond motifs is 2. The van der Waals surface area contributed by atoms with Crippen LogP contribution in [0.3, 0.4) is 0 Å². The lowest BCUT2D eigenvalue weighted by Crippen LogP contribution is -2.25. The van der Waals surface area contributed by atoms with E-state index in [1.807, 2.05) is 42.9 Å². The molecule has 0 saturated carbocycles. The molecule has 0 spiro atoms. The average molecular weight is 401 g/mol. The highest BCUT2D eigenvalue weighted by Gasteiger charge is 2.15. The molecular formula is C23H20N4OS. The number of aryl methyl sites for hydroxylation is 1. The Kier molecular flexibility index (Phi) is 4.41. The Bertz CT molecular complexity index is 1330. The van der Waals surface area contributed by atoms with Gasteiger partial charge in [-0.05, 0) is 30.2 Å². The first-order valence-corrected chi connectivity index (χ1v) is 10.4. The minimum Gasteiger partial charge on any atom is -0.361 e. The number of hydrogen-bond donors (Lipinski definition) is 2. The molecule has 0 aliphatic heterocycles. The van der Waals surface area contributed by atoms with Gasteiger partial charge in [-0.2, -0.15) is 0 Å². The van der Waals surface area contributed by atoms with Gasteiger partial charge >= 0.3 is 0 Å². The van der Waals surface area contributed by atoms with E-state index in [2.05, 4.69) is 50.2 Å². The van der Waals surface area contributed by atoms with Crippen LogP contribution in [0.1, 0.15) is 16.1 Å². The Morgan fingerprint density at radius 3 is 2.90 bits per heavy atom. The van der Waals surface area contributed by atoms with Gasteiger partial charge in [0, 0.05) is 47.0 Å². The molecule has 0 atom stereocenters. The van der Waals surface area contributed by atoms with E-state index in [1.54, 1.807) is 0 Å². The molecular weight excluding hydrogens is 380 g/mol. The van der Waals surface area contributed by atoms with Crippen LogP contribution in [-0.4, -0.2) is 27.0 Å². The van der Waals surface area contributed by atoms with Gasteiger partial charge in [-0.3, -0.25) is 4.79 Å². The molecule has 0 unspecified atom stereocenters. The van der Waals surface area contributed by atoms with Gasteiger partial charge < -0.3 is 14.9 Å². The molecule has 3 aromatic heterocycles. The highest BCUT2D eigenvalue weighted by molar-refractivity contribution is 7.13. The number of aromatic amines is 1. The Morgan fingerprint density at radius 1 is 1.17 bits per heavy atom. The van der Waals surface area contributed by atoms with Crippen molar-refractivity contribution in [3.05, 3.63) is 77.4 Å². The lowest BCUT2D eigenvalue weighted by molar-refractivity contribution is 0.0950. The van der Waals surface area contributed by atoms with Crippen molar-refractivity contribution in [1.29, 1.82) is 0 Å². The van der Waals surface area contributed by atoms with E-state index >= 15 is 0 Å². The molecule has 0 radical (unpaired) electrons. The van der Waals surface area contributed by atoms with Crippen LogP contribution in [0.4, 0.5) is 0 Å². The lowest BCUT2D eigenvalue weighted by Gasteiger charge is -2.03. The standard InChI is InChI=1S/C23H20N4OS/c1-27-20-9-5-2-6-15(20)12-21(27)23-26-19(14-29-23)22(28)24-11-10-16-13-25-18-8-4-3-7-17(16)18/h2-9,12-14,25H,10-11H2,1H3,(H,24,28). The van der Waals surface area contributed by atoms with Crippen molar-refractivity contribution in [2.75, 3.05) is 6.54 Å². The summed E-state index contributed by atoms with van der Waals surface area (Å²) in [7, 11) is 2.03. The Labute approximate surface area is 172 Å². The van der Waals surface area contributed by atoms with Gasteiger partial charge in [0.15, 0.2) is 0 Å². The molecule has 0 bridgehead atoms. The molecule has 2 aromatic carbocycles. The van der Waals surface area contributed by atoms with Crippen molar-refractivity contribution >= 4 is 39.0 Å². The third-order valence-corrected chi connectivity index (χ3v) is 6.13. The smallest absolute Gasteiger partial charge is 0.270 e. The van der Waals surface area contributed by atoms with Gasteiger partial charge in [-0.1, -0.05) is 36.4 Å². The van der Waals surface area contributed by atoms with E-state index < -0.39 is 0 Å². The fourth-order valence-corrected chi connectivity index (χ4v) is 4.58. The summed E-state index contributed by atoms with van der Waals surface area (Å²) in [5.74, 6) is -0.133. The highest BCUT2D eigenvalue weighted by atomic mass is 32.1. The second-order valence-corrected chi connectivity index (χ2v) is 7.91. The number of carbonyl (C=O) groups excluding carboxylic acids is 1. The molecule has 5 nitrogen and oxygen atoms in total. The van der Waals surface area contributed by atoms with Crippen LogP contribution in [0.2, 0.25) is 0 Å². The normalized spacial score (nSPS) is 11.3. The maximum Gasteiger partial charge on any atom is 0.270 e. The number of benzene rings is 2. The molecule has 5 rings (SSSR count). The van der Waals surface area contributed by atoms with Gasteiger partial charge in [0.05, 0.1) is 5.69 Å². The number of nitrogens with zero attached hydrogens (tertiary/aromatic N) is 2. The van der Waals surface area contributed by atoms with Crippen LogP contribution < -0.4 is 5.32 Å². The van der Waals surface area contributed by atoms with Gasteiger partial charge in [0.25, 0.3) is 5.91 Å². The second kappa shape index (κ2) is 7.22. The van der Waals surface area contributed by atoms with Crippen molar-refractivity contribution in [3.63, 3.8) is 0 Å². The summed E-state index contributed by atoms with van der Waals surface area (Å²) in [6.45, 7) is 0.571. The molecule has 5 aromatic rings. The van der Waals surface area contributed by atoms with E-state index in [9.17, 15) is 4.79 Å². The quantitative estimate of drug-likeness (QED) is 0.447. The predicted octanol–water partition coefficient (Wildman–Crippen LogP) is 4.76. The first-order valence-electron chi connectivity index (χ1n) is 9.54. The maximum atomic E-state index is 12.6. The minimum atomic E-state index is -0.133. The number of hydrogen-bond acceptors (Lipinski definition) is 3. The van der Waals surface area contributed by atoms with Crippen molar-refractivity contribution in [1.82, 2.24) is 19.9 Å². The van der Waals surface area contributed by atoms with Gasteiger partial charge in [0.1, 0.15) is 10.7 Å². The molecule has 3 heterocycles. The van der Waals surface area contributed by atoms with E-state index in [1.165, 1.54) is 27.7 Å². The fraction of sp³-hybridized carbons (Fsp3) is 0.130. The largest absolute Gasteiger partial charge is 0.361 e. The van der Waals surface area contributed by atoms with Crippen molar-refractivity contribution in [2.45, 2.75) is 6.42 Å². The van der Waals surface area contributed by atoms with Crippen molar-refractivity contribution in [3.8, 4) is 10.7 Å². The van der Waals surface area contributed by atoms with Gasteiger partial charge in [0.2, 0.25) is 0 Å². The number of H-pyrrole nitrogens is 1. The lowest BCUT2D eigenvalue weighted by atomic mass is 10.1.